The van der Waals surface area contributed by atoms with Gasteiger partial charge in [-0.3, -0.25) is 23.2 Å². The van der Waals surface area contributed by atoms with Crippen molar-refractivity contribution in [2.75, 3.05) is 26.4 Å². The summed E-state index contributed by atoms with van der Waals surface area (Å²) in [7, 11) is -9.71. The Morgan fingerprint density at radius 3 is 1.72 bits per heavy atom. The van der Waals surface area contributed by atoms with E-state index in [-0.39, 0.29) is 12.8 Å². The van der Waals surface area contributed by atoms with Gasteiger partial charge in [0.05, 0.1) is 25.9 Å². The number of esters is 2. The largest absolute Gasteiger partial charge is 0.472 e. The minimum Gasteiger partial charge on any atom is -0.462 e. The molecule has 2 unspecified atom stereocenters. The Bertz CT molecular complexity index is 1340. The summed E-state index contributed by atoms with van der Waals surface area (Å²) in [6, 6.07) is 0. The lowest BCUT2D eigenvalue weighted by molar-refractivity contribution is -0.161. The summed E-state index contributed by atoms with van der Waals surface area (Å²) in [6.07, 6.45) is 37.1. The van der Waals surface area contributed by atoms with Gasteiger partial charge < -0.3 is 34.4 Å². The standard InChI is InChI=1S/C45H80O14P2/c1-4-5-32-41(46)33-28-24-20-16-12-9-10-13-17-21-25-29-34-44(48)55-38-43(39-58-61(53,54)57-37-42(47)36-56-60(50,51)52)59-45(49)35-30-26-22-18-14-8-6-7-11-15-19-23-27-31-40(2)3/h5,9-10,16-17,20-21,24,28,32,40-43,46-47H,4,6-8,11-15,18-19,22-23,25-27,29-31,33-39H2,1-3H3,(H,53,54)(H2,50,51,52)/b10-9-,20-16-,21-17-,28-24+,32-5-/t41?,42-,43+/m0/s1. The molecule has 354 valence electrons. The molecule has 0 heterocycles. The highest BCUT2D eigenvalue weighted by atomic mass is 31.2. The second kappa shape index (κ2) is 39.4. The molecule has 0 saturated heterocycles. The van der Waals surface area contributed by atoms with Gasteiger partial charge in [0.1, 0.15) is 12.7 Å². The zero-order valence-corrected chi connectivity index (χ0v) is 39.1. The Morgan fingerprint density at radius 2 is 1.11 bits per heavy atom. The first-order valence-corrected chi connectivity index (χ1v) is 25.5. The minimum absolute atomic E-state index is 0.0979. The molecule has 0 aliphatic heterocycles. The lowest BCUT2D eigenvalue weighted by Crippen LogP contribution is -2.30. The van der Waals surface area contributed by atoms with Crippen LogP contribution in [0.3, 0.4) is 0 Å². The van der Waals surface area contributed by atoms with Crippen LogP contribution in [0, 0.1) is 5.92 Å². The van der Waals surface area contributed by atoms with Gasteiger partial charge in [-0.15, -0.1) is 0 Å². The van der Waals surface area contributed by atoms with Crippen LogP contribution in [0.25, 0.3) is 0 Å². The molecule has 0 radical (unpaired) electrons. The van der Waals surface area contributed by atoms with Gasteiger partial charge in [-0.05, 0) is 50.9 Å². The molecule has 0 saturated carbocycles. The third-order valence-corrected chi connectivity index (χ3v) is 10.6. The summed E-state index contributed by atoms with van der Waals surface area (Å²) in [5.74, 6) is -0.330. The fraction of sp³-hybridized carbons (Fsp3) is 0.733. The summed E-state index contributed by atoms with van der Waals surface area (Å²) >= 11 is 0. The lowest BCUT2D eigenvalue weighted by atomic mass is 10.0. The number of carbonyl (C=O) groups excluding carboxylic acids is 2. The fourth-order valence-electron chi connectivity index (χ4n) is 5.76. The third kappa shape index (κ3) is 44.2. The molecule has 0 aromatic heterocycles. The first-order chi connectivity index (χ1) is 29.1. The molecule has 0 aromatic carbocycles. The average molecular weight is 907 g/mol. The molecule has 4 atom stereocenters. The first kappa shape index (κ1) is 58.8. The molecule has 0 amide bonds. The van der Waals surface area contributed by atoms with E-state index in [0.717, 1.165) is 50.9 Å². The van der Waals surface area contributed by atoms with Gasteiger partial charge in [0.15, 0.2) is 6.10 Å². The molecule has 0 spiro atoms. The summed E-state index contributed by atoms with van der Waals surface area (Å²) in [6.45, 7) is 3.77. The van der Waals surface area contributed by atoms with E-state index in [0.29, 0.717) is 25.7 Å². The molecule has 0 fully saturated rings. The number of hydrogen-bond donors (Lipinski definition) is 5. The Labute approximate surface area is 366 Å². The van der Waals surface area contributed by atoms with E-state index in [1.807, 2.05) is 55.5 Å². The normalized spacial score (nSPS) is 15.2. The predicted octanol–water partition coefficient (Wildman–Crippen LogP) is 10.4. The molecule has 16 heteroatoms. The van der Waals surface area contributed by atoms with E-state index < -0.39 is 72.3 Å². The van der Waals surface area contributed by atoms with Crippen molar-refractivity contribution in [3.05, 3.63) is 60.8 Å². The Hall–Kier alpha value is -2.22. The number of phosphoric acid groups is 2. The van der Waals surface area contributed by atoms with Crippen molar-refractivity contribution < 1.29 is 66.7 Å². The predicted molar refractivity (Wildman–Crippen MR) is 240 cm³/mol. The maximum atomic E-state index is 12.7. The topological polar surface area (TPSA) is 216 Å². The van der Waals surface area contributed by atoms with Crippen molar-refractivity contribution in [3.8, 4) is 0 Å². The van der Waals surface area contributed by atoms with Crippen LogP contribution < -0.4 is 0 Å². The molecule has 0 aromatic rings. The molecule has 0 aliphatic carbocycles. The third-order valence-electron chi connectivity index (χ3n) is 9.16. The van der Waals surface area contributed by atoms with Crippen LogP contribution in [0.5, 0.6) is 0 Å². The van der Waals surface area contributed by atoms with Crippen molar-refractivity contribution in [1.82, 2.24) is 0 Å². The van der Waals surface area contributed by atoms with Crippen molar-refractivity contribution in [2.45, 2.75) is 180 Å². The van der Waals surface area contributed by atoms with Crippen LogP contribution >= 0.6 is 15.6 Å². The van der Waals surface area contributed by atoms with Crippen molar-refractivity contribution in [1.29, 1.82) is 0 Å². The number of hydrogen-bond acceptors (Lipinski definition) is 11. The molecule has 61 heavy (non-hydrogen) atoms. The zero-order chi connectivity index (χ0) is 45.5. The van der Waals surface area contributed by atoms with Gasteiger partial charge in [-0.1, -0.05) is 165 Å². The van der Waals surface area contributed by atoms with Gasteiger partial charge in [0.2, 0.25) is 0 Å². The van der Waals surface area contributed by atoms with Gasteiger partial charge in [-0.2, -0.15) is 0 Å². The van der Waals surface area contributed by atoms with E-state index in [9.17, 15) is 33.8 Å². The van der Waals surface area contributed by atoms with E-state index in [4.69, 9.17) is 23.8 Å². The van der Waals surface area contributed by atoms with Crippen LogP contribution in [-0.2, 0) is 41.8 Å². The highest BCUT2D eigenvalue weighted by molar-refractivity contribution is 7.47. The van der Waals surface area contributed by atoms with Gasteiger partial charge in [0.25, 0.3) is 0 Å². The monoisotopic (exact) mass is 907 g/mol. The second-order valence-electron chi connectivity index (χ2n) is 15.6. The number of phosphoric ester groups is 2. The number of rotatable bonds is 41. The van der Waals surface area contributed by atoms with Crippen LogP contribution in [0.15, 0.2) is 60.8 Å². The van der Waals surface area contributed by atoms with E-state index >= 15 is 0 Å². The maximum Gasteiger partial charge on any atom is 0.472 e. The Morgan fingerprint density at radius 1 is 0.590 bits per heavy atom. The zero-order valence-electron chi connectivity index (χ0n) is 37.3. The molecular formula is C45H80O14P2. The number of unbranched alkanes of at least 4 members (excludes halogenated alkanes) is 13. The van der Waals surface area contributed by atoms with Crippen LogP contribution in [-0.4, -0.2) is 81.6 Å². The second-order valence-corrected chi connectivity index (χ2v) is 18.3. The Kier molecular flexibility index (Phi) is 37.9. The minimum atomic E-state index is -4.87. The molecule has 5 N–H and O–H groups in total. The van der Waals surface area contributed by atoms with E-state index in [1.165, 1.54) is 57.8 Å². The quantitative estimate of drug-likeness (QED) is 0.0127. The average Bonchev–Trinajstić information content (AvgIpc) is 3.20. The lowest BCUT2D eigenvalue weighted by Gasteiger charge is -2.20. The molecule has 0 aliphatic rings. The van der Waals surface area contributed by atoms with Crippen LogP contribution in [0.4, 0.5) is 0 Å². The number of aliphatic hydroxyl groups is 2. The van der Waals surface area contributed by atoms with Gasteiger partial charge >= 0.3 is 27.6 Å². The van der Waals surface area contributed by atoms with Crippen LogP contribution in [0.1, 0.15) is 162 Å². The maximum absolute atomic E-state index is 12.7. The highest BCUT2D eigenvalue weighted by Crippen LogP contribution is 2.43. The summed E-state index contributed by atoms with van der Waals surface area (Å²) in [4.78, 5) is 52.7. The number of allylic oxidation sites excluding steroid dienone is 8. The number of carbonyl (C=O) groups is 2. The number of ether oxygens (including phenoxy) is 2. The van der Waals surface area contributed by atoms with Crippen molar-refractivity contribution in [2.24, 2.45) is 5.92 Å². The van der Waals surface area contributed by atoms with E-state index in [2.05, 4.69) is 29.0 Å². The first-order valence-electron chi connectivity index (χ1n) is 22.4. The van der Waals surface area contributed by atoms with Crippen LogP contribution in [0.2, 0.25) is 0 Å². The summed E-state index contributed by atoms with van der Waals surface area (Å²) in [5, 5.41) is 19.5. The Balaban J connectivity index is 4.61. The van der Waals surface area contributed by atoms with E-state index in [1.54, 1.807) is 6.08 Å². The molecule has 14 nitrogen and oxygen atoms in total. The smallest absolute Gasteiger partial charge is 0.462 e. The van der Waals surface area contributed by atoms with Gasteiger partial charge in [0, 0.05) is 12.8 Å². The molecular weight excluding hydrogens is 826 g/mol. The van der Waals surface area contributed by atoms with Crippen molar-refractivity contribution >= 4 is 27.6 Å². The molecule has 0 bridgehead atoms. The molecule has 0 rings (SSSR count). The highest BCUT2D eigenvalue weighted by Gasteiger charge is 2.28. The van der Waals surface area contributed by atoms with Crippen molar-refractivity contribution in [3.63, 3.8) is 0 Å². The summed E-state index contributed by atoms with van der Waals surface area (Å²) in [5.41, 5.74) is 0. The fourth-order valence-corrected chi connectivity index (χ4v) is 6.92. The summed E-state index contributed by atoms with van der Waals surface area (Å²) < 4.78 is 47.7. The SMILES string of the molecule is CC/C=C\C(O)C/C=C/C=C\C/C=C\C/C=C\CCCC(=O)OC[C@H](COP(=O)(O)OC[C@@H](O)COP(=O)(O)O)OC(=O)CCCCCCCCCCCCCCCC(C)C. The number of aliphatic hydroxyl groups excluding tert-OH is 2. The van der Waals surface area contributed by atoms with Gasteiger partial charge in [-0.25, -0.2) is 9.13 Å².